The molecule has 26 heavy (non-hydrogen) atoms. The Balaban J connectivity index is 1.65. The molecular formula is C19H22FN5O. The van der Waals surface area contributed by atoms with E-state index in [1.165, 1.54) is 18.5 Å². The first-order valence-electron chi connectivity index (χ1n) is 8.89. The summed E-state index contributed by atoms with van der Waals surface area (Å²) >= 11 is 0. The Morgan fingerprint density at radius 3 is 2.65 bits per heavy atom. The Labute approximate surface area is 151 Å². The Bertz CT molecular complexity index is 859. The lowest BCUT2D eigenvalue weighted by atomic mass is 10.0. The van der Waals surface area contributed by atoms with Crippen LogP contribution in [0.15, 0.2) is 24.5 Å². The predicted octanol–water partition coefficient (Wildman–Crippen LogP) is 3.15. The number of nitrogens with zero attached hydrogens (tertiary/aromatic N) is 3. The summed E-state index contributed by atoms with van der Waals surface area (Å²) in [7, 11) is 0. The third-order valence-electron chi connectivity index (χ3n) is 5.02. The molecule has 4 rings (SSSR count). The fraction of sp³-hybridized carbons (Fsp3) is 0.421. The summed E-state index contributed by atoms with van der Waals surface area (Å²) in [6.45, 7) is 3.86. The standard InChI is InChI=1S/C19H22FN5O/c1-19(4-5-19)26-16-8-12(14(21)9-13(16)20)18(22)15-10-17(24-11-23-15)25-6-2-3-7-25/h8-11,22H,2-7,21H2,1H3. The van der Waals surface area contributed by atoms with Crippen LogP contribution in [-0.4, -0.2) is 34.4 Å². The van der Waals surface area contributed by atoms with Crippen molar-refractivity contribution in [2.24, 2.45) is 0 Å². The minimum atomic E-state index is -0.507. The minimum absolute atomic E-state index is 0.132. The van der Waals surface area contributed by atoms with Crippen molar-refractivity contribution in [1.29, 1.82) is 5.41 Å². The van der Waals surface area contributed by atoms with Gasteiger partial charge in [0.25, 0.3) is 0 Å². The monoisotopic (exact) mass is 355 g/mol. The van der Waals surface area contributed by atoms with Crippen LogP contribution in [0.25, 0.3) is 0 Å². The molecule has 1 aliphatic heterocycles. The van der Waals surface area contributed by atoms with Crippen LogP contribution < -0.4 is 15.4 Å². The van der Waals surface area contributed by atoms with Gasteiger partial charge in [-0.15, -0.1) is 0 Å². The first-order valence-corrected chi connectivity index (χ1v) is 8.89. The molecule has 1 saturated heterocycles. The second-order valence-corrected chi connectivity index (χ2v) is 7.25. The number of anilines is 2. The first-order chi connectivity index (χ1) is 12.5. The van der Waals surface area contributed by atoms with Crippen molar-refractivity contribution in [2.75, 3.05) is 23.7 Å². The van der Waals surface area contributed by atoms with Gasteiger partial charge in [0, 0.05) is 36.5 Å². The second kappa shape index (κ2) is 6.23. The molecular weight excluding hydrogens is 333 g/mol. The van der Waals surface area contributed by atoms with E-state index in [1.54, 1.807) is 6.07 Å². The molecule has 136 valence electrons. The highest BCUT2D eigenvalue weighted by atomic mass is 19.1. The fourth-order valence-corrected chi connectivity index (χ4v) is 3.15. The molecule has 2 aromatic rings. The summed E-state index contributed by atoms with van der Waals surface area (Å²) < 4.78 is 20.0. The summed E-state index contributed by atoms with van der Waals surface area (Å²) in [6.07, 6.45) is 5.53. The molecule has 1 aromatic carbocycles. The number of hydrogen-bond acceptors (Lipinski definition) is 6. The van der Waals surface area contributed by atoms with Crippen molar-refractivity contribution in [1.82, 2.24) is 9.97 Å². The van der Waals surface area contributed by atoms with Crippen LogP contribution in [0.5, 0.6) is 5.75 Å². The summed E-state index contributed by atoms with van der Waals surface area (Å²) in [5.74, 6) is 0.431. The molecule has 2 fully saturated rings. The van der Waals surface area contributed by atoms with Crippen molar-refractivity contribution >= 4 is 17.2 Å². The number of nitrogen functional groups attached to an aromatic ring is 1. The van der Waals surface area contributed by atoms with Crippen LogP contribution >= 0.6 is 0 Å². The Kier molecular flexibility index (Phi) is 4.01. The van der Waals surface area contributed by atoms with Gasteiger partial charge in [0.15, 0.2) is 11.6 Å². The lowest BCUT2D eigenvalue weighted by Crippen LogP contribution is -2.20. The number of hydrogen-bond donors (Lipinski definition) is 2. The molecule has 7 heteroatoms. The number of ether oxygens (including phenoxy) is 1. The smallest absolute Gasteiger partial charge is 0.167 e. The molecule has 1 aliphatic carbocycles. The highest BCUT2D eigenvalue weighted by Gasteiger charge is 2.40. The van der Waals surface area contributed by atoms with Gasteiger partial charge in [-0.05, 0) is 38.7 Å². The molecule has 0 bridgehead atoms. The summed E-state index contributed by atoms with van der Waals surface area (Å²) in [5.41, 5.74) is 6.87. The number of benzene rings is 1. The van der Waals surface area contributed by atoms with Crippen molar-refractivity contribution in [2.45, 2.75) is 38.2 Å². The van der Waals surface area contributed by atoms with Gasteiger partial charge >= 0.3 is 0 Å². The zero-order chi connectivity index (χ0) is 18.3. The summed E-state index contributed by atoms with van der Waals surface area (Å²) in [4.78, 5) is 10.7. The molecule has 1 saturated carbocycles. The molecule has 0 atom stereocenters. The number of nitrogens with two attached hydrogens (primary N) is 1. The first kappa shape index (κ1) is 16.8. The van der Waals surface area contributed by atoms with Crippen LogP contribution in [0.3, 0.4) is 0 Å². The third kappa shape index (κ3) is 3.21. The van der Waals surface area contributed by atoms with Crippen LogP contribution in [0, 0.1) is 11.2 Å². The molecule has 0 unspecified atom stereocenters. The van der Waals surface area contributed by atoms with Gasteiger partial charge in [0.05, 0.1) is 11.4 Å². The Morgan fingerprint density at radius 1 is 1.23 bits per heavy atom. The normalized spacial score (nSPS) is 18.0. The van der Waals surface area contributed by atoms with E-state index < -0.39 is 5.82 Å². The summed E-state index contributed by atoms with van der Waals surface area (Å²) in [5, 5.41) is 8.53. The number of rotatable bonds is 5. The SMILES string of the molecule is CC1(Oc2cc(C(=N)c3cc(N4CCCC4)ncn3)c(N)cc2F)CC1. The number of nitrogens with one attached hydrogen (secondary N) is 1. The maximum Gasteiger partial charge on any atom is 0.167 e. The molecule has 3 N–H and O–H groups in total. The second-order valence-electron chi connectivity index (χ2n) is 7.25. The molecule has 0 amide bonds. The van der Waals surface area contributed by atoms with Crippen molar-refractivity contribution < 1.29 is 9.13 Å². The van der Waals surface area contributed by atoms with Crippen LogP contribution in [0.1, 0.15) is 43.9 Å². The van der Waals surface area contributed by atoms with Crippen molar-refractivity contribution in [3.8, 4) is 5.75 Å². The topological polar surface area (TPSA) is 88.1 Å². The highest BCUT2D eigenvalue weighted by Crippen LogP contribution is 2.41. The molecule has 6 nitrogen and oxygen atoms in total. The highest BCUT2D eigenvalue weighted by molar-refractivity contribution is 6.13. The van der Waals surface area contributed by atoms with Gasteiger partial charge in [-0.1, -0.05) is 0 Å². The van der Waals surface area contributed by atoms with Gasteiger partial charge in [0.2, 0.25) is 0 Å². The zero-order valence-electron chi connectivity index (χ0n) is 14.8. The lowest BCUT2D eigenvalue weighted by Gasteiger charge is -2.18. The Hall–Kier alpha value is -2.70. The third-order valence-corrected chi connectivity index (χ3v) is 5.02. The van der Waals surface area contributed by atoms with E-state index in [0.717, 1.165) is 44.6 Å². The van der Waals surface area contributed by atoms with E-state index in [1.807, 2.05) is 6.92 Å². The molecule has 0 radical (unpaired) electrons. The van der Waals surface area contributed by atoms with E-state index in [0.29, 0.717) is 11.3 Å². The molecule has 0 spiro atoms. The van der Waals surface area contributed by atoms with Crippen LogP contribution in [0.4, 0.5) is 15.9 Å². The van der Waals surface area contributed by atoms with Crippen LogP contribution in [-0.2, 0) is 0 Å². The van der Waals surface area contributed by atoms with Gasteiger partial charge in [-0.25, -0.2) is 14.4 Å². The number of aromatic nitrogens is 2. The molecule has 2 aliphatic rings. The maximum atomic E-state index is 14.2. The average Bonchev–Trinajstić information content (AvgIpc) is 3.12. The van der Waals surface area contributed by atoms with E-state index in [9.17, 15) is 4.39 Å². The van der Waals surface area contributed by atoms with E-state index in [4.69, 9.17) is 15.9 Å². The Morgan fingerprint density at radius 2 is 1.96 bits per heavy atom. The summed E-state index contributed by atoms with van der Waals surface area (Å²) in [6, 6.07) is 4.51. The van der Waals surface area contributed by atoms with Gasteiger partial charge < -0.3 is 15.4 Å². The van der Waals surface area contributed by atoms with Crippen LogP contribution in [0.2, 0.25) is 0 Å². The largest absolute Gasteiger partial charge is 0.484 e. The van der Waals surface area contributed by atoms with E-state index in [-0.39, 0.29) is 22.7 Å². The lowest BCUT2D eigenvalue weighted by molar-refractivity contribution is 0.191. The predicted molar refractivity (Wildman–Crippen MR) is 98.5 cm³/mol. The number of halogens is 1. The van der Waals surface area contributed by atoms with E-state index >= 15 is 0 Å². The molecule has 2 heterocycles. The van der Waals surface area contributed by atoms with Gasteiger partial charge in [-0.2, -0.15) is 0 Å². The van der Waals surface area contributed by atoms with E-state index in [2.05, 4.69) is 14.9 Å². The quantitative estimate of drug-likeness (QED) is 0.635. The van der Waals surface area contributed by atoms with Gasteiger partial charge in [0.1, 0.15) is 17.7 Å². The average molecular weight is 355 g/mol. The van der Waals surface area contributed by atoms with Crippen molar-refractivity contribution in [3.63, 3.8) is 0 Å². The van der Waals surface area contributed by atoms with Gasteiger partial charge in [-0.3, -0.25) is 5.41 Å². The zero-order valence-corrected chi connectivity index (χ0v) is 14.8. The van der Waals surface area contributed by atoms with Crippen molar-refractivity contribution in [3.05, 3.63) is 41.6 Å². The fourth-order valence-electron chi connectivity index (χ4n) is 3.15. The maximum absolute atomic E-state index is 14.2. The molecule has 1 aromatic heterocycles. The minimum Gasteiger partial charge on any atom is -0.484 e.